The van der Waals surface area contributed by atoms with Crippen molar-refractivity contribution in [2.45, 2.75) is 19.4 Å². The molecule has 5 heteroatoms. The van der Waals surface area contributed by atoms with Gasteiger partial charge in [0.05, 0.1) is 19.1 Å². The second-order valence-electron chi connectivity index (χ2n) is 4.68. The minimum Gasteiger partial charge on any atom is -0.466 e. The van der Waals surface area contributed by atoms with E-state index in [-0.39, 0.29) is 12.4 Å². The van der Waals surface area contributed by atoms with Gasteiger partial charge in [-0.2, -0.15) is 0 Å². The summed E-state index contributed by atoms with van der Waals surface area (Å²) in [4.78, 5) is 11.3. The van der Waals surface area contributed by atoms with Crippen molar-refractivity contribution in [3.05, 3.63) is 40.9 Å². The van der Waals surface area contributed by atoms with Crippen molar-refractivity contribution in [2.75, 3.05) is 18.5 Å². The smallest absolute Gasteiger partial charge is 0.308 e. The van der Waals surface area contributed by atoms with Crippen LogP contribution in [0.2, 0.25) is 0 Å². The van der Waals surface area contributed by atoms with Crippen molar-refractivity contribution < 1.29 is 14.6 Å². The van der Waals surface area contributed by atoms with Crippen molar-refractivity contribution >= 4 is 38.4 Å². The second-order valence-corrected chi connectivity index (χ2v) is 5.54. The Hall–Kier alpha value is -1.59. The van der Waals surface area contributed by atoms with Gasteiger partial charge in [0, 0.05) is 22.1 Å². The monoisotopic (exact) mass is 351 g/mol. The Bertz CT molecular complexity index is 630. The van der Waals surface area contributed by atoms with Gasteiger partial charge in [0.25, 0.3) is 0 Å². The molecule has 0 aliphatic carbocycles. The van der Waals surface area contributed by atoms with Crippen molar-refractivity contribution in [2.24, 2.45) is 0 Å². The first-order chi connectivity index (χ1) is 10.1. The van der Waals surface area contributed by atoms with E-state index in [1.54, 1.807) is 6.92 Å². The molecule has 0 saturated heterocycles. The number of rotatable bonds is 6. The van der Waals surface area contributed by atoms with Crippen LogP contribution in [0, 0.1) is 0 Å². The highest BCUT2D eigenvalue weighted by Crippen LogP contribution is 2.29. The highest BCUT2D eigenvalue weighted by Gasteiger charge is 2.12. The zero-order valence-corrected chi connectivity index (χ0v) is 13.4. The summed E-state index contributed by atoms with van der Waals surface area (Å²) >= 11 is 3.52. The summed E-state index contributed by atoms with van der Waals surface area (Å²) < 4.78 is 5.84. The Labute approximate surface area is 132 Å². The lowest BCUT2D eigenvalue weighted by atomic mass is 10.1. The number of halogens is 1. The molecule has 0 heterocycles. The van der Waals surface area contributed by atoms with Gasteiger partial charge in [0.15, 0.2) is 0 Å². The molecular formula is C16H18BrNO3. The molecule has 0 aromatic heterocycles. The summed E-state index contributed by atoms with van der Waals surface area (Å²) in [7, 11) is 0. The van der Waals surface area contributed by atoms with E-state index < -0.39 is 6.10 Å². The topological polar surface area (TPSA) is 58.6 Å². The van der Waals surface area contributed by atoms with E-state index in [0.717, 1.165) is 20.9 Å². The maximum atomic E-state index is 11.3. The van der Waals surface area contributed by atoms with Gasteiger partial charge in [-0.1, -0.05) is 40.2 Å². The summed E-state index contributed by atoms with van der Waals surface area (Å²) in [5, 5.41) is 15.2. The zero-order chi connectivity index (χ0) is 15.2. The third kappa shape index (κ3) is 4.19. The molecule has 2 aromatic carbocycles. The van der Waals surface area contributed by atoms with Gasteiger partial charge in [-0.25, -0.2) is 0 Å². The predicted molar refractivity (Wildman–Crippen MR) is 87.4 cm³/mol. The molecule has 2 rings (SSSR count). The highest BCUT2D eigenvalue weighted by atomic mass is 79.9. The molecular weight excluding hydrogens is 334 g/mol. The van der Waals surface area contributed by atoms with E-state index in [2.05, 4.69) is 21.2 Å². The Morgan fingerprint density at radius 3 is 2.71 bits per heavy atom. The number of aliphatic hydroxyl groups is 1. The second kappa shape index (κ2) is 7.43. The first kappa shape index (κ1) is 15.8. The van der Waals surface area contributed by atoms with Crippen molar-refractivity contribution in [1.82, 2.24) is 0 Å². The molecule has 0 amide bonds. The lowest BCUT2D eigenvalue weighted by molar-refractivity contribution is -0.145. The van der Waals surface area contributed by atoms with Crippen LogP contribution in [0.1, 0.15) is 13.3 Å². The molecule has 0 spiro atoms. The normalized spacial score (nSPS) is 12.1. The number of hydrogen-bond donors (Lipinski definition) is 2. The molecule has 2 aromatic rings. The number of ether oxygens (including phenoxy) is 1. The summed E-state index contributed by atoms with van der Waals surface area (Å²) in [5.74, 6) is -0.382. The fourth-order valence-corrected chi connectivity index (χ4v) is 2.61. The fourth-order valence-electron chi connectivity index (χ4n) is 2.13. The van der Waals surface area contributed by atoms with E-state index in [9.17, 15) is 9.90 Å². The number of carbonyl (C=O) groups excluding carboxylic acids is 1. The molecule has 4 nitrogen and oxygen atoms in total. The minimum atomic E-state index is -0.772. The number of fused-ring (bicyclic) bond motifs is 1. The lowest BCUT2D eigenvalue weighted by Crippen LogP contribution is -2.24. The van der Waals surface area contributed by atoms with E-state index in [4.69, 9.17) is 4.74 Å². The van der Waals surface area contributed by atoms with Gasteiger partial charge in [-0.15, -0.1) is 0 Å². The van der Waals surface area contributed by atoms with Gasteiger partial charge >= 0.3 is 5.97 Å². The summed E-state index contributed by atoms with van der Waals surface area (Å²) in [6.45, 7) is 2.37. The van der Waals surface area contributed by atoms with Crippen LogP contribution in [0.4, 0.5) is 5.69 Å². The van der Waals surface area contributed by atoms with E-state index in [0.29, 0.717) is 13.2 Å². The van der Waals surface area contributed by atoms with Gasteiger partial charge < -0.3 is 15.2 Å². The van der Waals surface area contributed by atoms with Gasteiger partial charge in [-0.05, 0) is 24.4 Å². The third-order valence-electron chi connectivity index (χ3n) is 3.11. The van der Waals surface area contributed by atoms with Crippen LogP contribution < -0.4 is 5.32 Å². The van der Waals surface area contributed by atoms with Gasteiger partial charge in [0.1, 0.15) is 0 Å². The Morgan fingerprint density at radius 2 is 2.00 bits per heavy atom. The van der Waals surface area contributed by atoms with E-state index in [1.807, 2.05) is 36.4 Å². The molecule has 0 fully saturated rings. The number of aliphatic hydroxyl groups excluding tert-OH is 1. The van der Waals surface area contributed by atoms with Gasteiger partial charge in [0.2, 0.25) is 0 Å². The minimum absolute atomic E-state index is 0.00466. The lowest BCUT2D eigenvalue weighted by Gasteiger charge is -2.14. The quantitative estimate of drug-likeness (QED) is 0.783. The maximum absolute atomic E-state index is 11.3. The largest absolute Gasteiger partial charge is 0.466 e. The first-order valence-electron chi connectivity index (χ1n) is 6.86. The van der Waals surface area contributed by atoms with Gasteiger partial charge in [-0.3, -0.25) is 4.79 Å². The summed E-state index contributed by atoms with van der Waals surface area (Å²) in [6.07, 6.45) is -0.776. The molecule has 112 valence electrons. The average molecular weight is 352 g/mol. The third-order valence-corrected chi connectivity index (χ3v) is 3.80. The molecule has 21 heavy (non-hydrogen) atoms. The zero-order valence-electron chi connectivity index (χ0n) is 11.8. The Balaban J connectivity index is 2.04. The van der Waals surface area contributed by atoms with Crippen LogP contribution in [-0.2, 0) is 9.53 Å². The summed E-state index contributed by atoms with van der Waals surface area (Å²) in [5.41, 5.74) is 0.928. The van der Waals surface area contributed by atoms with E-state index in [1.165, 1.54) is 0 Å². The number of benzene rings is 2. The number of hydrogen-bond acceptors (Lipinski definition) is 4. The standard InChI is InChI=1S/C16H18BrNO3/c1-2-21-16(20)9-11(19)10-18-15-8-7-14(17)12-5-3-4-6-13(12)15/h3-8,11,18-19H,2,9-10H2,1H3. The van der Waals surface area contributed by atoms with Crippen molar-refractivity contribution in [1.29, 1.82) is 0 Å². The SMILES string of the molecule is CCOC(=O)CC(O)CNc1ccc(Br)c2ccccc12. The number of nitrogens with one attached hydrogen (secondary N) is 1. The van der Waals surface area contributed by atoms with Crippen LogP contribution in [0.5, 0.6) is 0 Å². The molecule has 1 unspecified atom stereocenters. The fraction of sp³-hybridized carbons (Fsp3) is 0.312. The molecule has 0 saturated carbocycles. The molecule has 0 radical (unpaired) electrons. The van der Waals surface area contributed by atoms with Crippen LogP contribution in [0.3, 0.4) is 0 Å². The first-order valence-corrected chi connectivity index (χ1v) is 7.66. The maximum Gasteiger partial charge on any atom is 0.308 e. The molecule has 0 aliphatic heterocycles. The molecule has 1 atom stereocenters. The van der Waals surface area contributed by atoms with Crippen LogP contribution in [0.25, 0.3) is 10.8 Å². The van der Waals surface area contributed by atoms with Crippen LogP contribution in [-0.4, -0.2) is 30.3 Å². The Morgan fingerprint density at radius 1 is 1.29 bits per heavy atom. The van der Waals surface area contributed by atoms with Crippen molar-refractivity contribution in [3.8, 4) is 0 Å². The summed E-state index contributed by atoms with van der Waals surface area (Å²) in [6, 6.07) is 11.9. The number of esters is 1. The van der Waals surface area contributed by atoms with E-state index >= 15 is 0 Å². The predicted octanol–water partition coefficient (Wildman–Crippen LogP) is 3.33. The number of anilines is 1. The average Bonchev–Trinajstić information content (AvgIpc) is 2.47. The Kier molecular flexibility index (Phi) is 5.59. The molecule has 0 bridgehead atoms. The molecule has 2 N–H and O–H groups in total. The highest BCUT2D eigenvalue weighted by molar-refractivity contribution is 9.10. The number of carbonyl (C=O) groups is 1. The van der Waals surface area contributed by atoms with Crippen LogP contribution >= 0.6 is 15.9 Å². The van der Waals surface area contributed by atoms with Crippen molar-refractivity contribution in [3.63, 3.8) is 0 Å². The molecule has 0 aliphatic rings. The van der Waals surface area contributed by atoms with Crippen LogP contribution in [0.15, 0.2) is 40.9 Å².